The molecule has 4 aliphatic rings. The Hall–Kier alpha value is -2.08. The summed E-state index contributed by atoms with van der Waals surface area (Å²) in [7, 11) is 0. The fourth-order valence-corrected chi connectivity index (χ4v) is 5.32. The third kappa shape index (κ3) is 2.28. The van der Waals surface area contributed by atoms with Gasteiger partial charge in [-0.2, -0.15) is 0 Å². The number of nitrogens with one attached hydrogen (secondary N) is 1. The van der Waals surface area contributed by atoms with E-state index in [9.17, 15) is 9.59 Å². The largest absolute Gasteiger partial charge is 0.467 e. The Morgan fingerprint density at radius 2 is 2.00 bits per heavy atom. The molecule has 26 heavy (non-hydrogen) atoms. The predicted molar refractivity (Wildman–Crippen MR) is 93.5 cm³/mol. The minimum Gasteiger partial charge on any atom is -0.467 e. The van der Waals surface area contributed by atoms with Crippen molar-refractivity contribution >= 4 is 11.8 Å². The molecule has 2 saturated heterocycles. The first kappa shape index (κ1) is 16.1. The van der Waals surface area contributed by atoms with Gasteiger partial charge in [-0.1, -0.05) is 24.6 Å². The quantitative estimate of drug-likeness (QED) is 0.777. The number of carbonyl (C=O) groups is 2. The number of rotatable bonds is 1. The van der Waals surface area contributed by atoms with Crippen LogP contribution in [-0.2, 0) is 14.3 Å². The summed E-state index contributed by atoms with van der Waals surface area (Å²) < 4.78 is 11.7. The second kappa shape index (κ2) is 5.98. The van der Waals surface area contributed by atoms with Crippen LogP contribution in [0.4, 0.5) is 0 Å². The summed E-state index contributed by atoms with van der Waals surface area (Å²) in [6, 6.07) is 7.91. The molecule has 6 nitrogen and oxygen atoms in total. The van der Waals surface area contributed by atoms with E-state index in [0.29, 0.717) is 26.3 Å². The zero-order valence-corrected chi connectivity index (χ0v) is 14.8. The minimum atomic E-state index is -0.672. The molecule has 138 valence electrons. The maximum absolute atomic E-state index is 13.3. The van der Waals surface area contributed by atoms with Crippen molar-refractivity contribution in [1.29, 1.82) is 0 Å². The van der Waals surface area contributed by atoms with E-state index in [1.807, 2.05) is 24.3 Å². The lowest BCUT2D eigenvalue weighted by molar-refractivity contribution is -0.167. The molecule has 5 rings (SSSR count). The topological polar surface area (TPSA) is 67.9 Å². The molecule has 1 aliphatic carbocycles. The number of piperidine rings is 1. The number of morpholine rings is 1. The number of carbonyl (C=O) groups excluding carboxylic acids is 2. The summed E-state index contributed by atoms with van der Waals surface area (Å²) in [4.78, 5) is 28.2. The maximum atomic E-state index is 13.3. The molecule has 2 bridgehead atoms. The fourth-order valence-electron chi connectivity index (χ4n) is 5.32. The van der Waals surface area contributed by atoms with E-state index in [0.717, 1.165) is 37.0 Å². The molecular formula is C20H24N2O4. The van der Waals surface area contributed by atoms with Crippen LogP contribution in [0.5, 0.6) is 5.75 Å². The Balaban J connectivity index is 1.58. The number of nitrogens with zero attached hydrogens (tertiary/aromatic N) is 1. The number of benzene rings is 1. The van der Waals surface area contributed by atoms with Gasteiger partial charge in [-0.3, -0.25) is 9.59 Å². The molecule has 4 atom stereocenters. The molecule has 1 N–H and O–H groups in total. The van der Waals surface area contributed by atoms with Crippen molar-refractivity contribution < 1.29 is 19.1 Å². The SMILES string of the molecule is O=C1N[C@]23CCCC[C@H]2[C@H](c2ccccc2O3)[C@H]1C(=O)N1CCOCC1. The average Bonchev–Trinajstić information content (AvgIpc) is 2.67. The van der Waals surface area contributed by atoms with Crippen molar-refractivity contribution in [3.63, 3.8) is 0 Å². The summed E-state index contributed by atoms with van der Waals surface area (Å²) in [5, 5.41) is 3.13. The molecule has 1 saturated carbocycles. The lowest BCUT2D eigenvalue weighted by atomic mass is 9.62. The standard InChI is InChI=1S/C20H24N2O4/c23-18-17(19(24)22-9-11-25-12-10-22)16-13-5-1-2-7-15(13)26-20(21-18)8-4-3-6-14(16)20/h1-2,5,7,14,16-17H,3-4,6,8-12H2,(H,21,23)/t14-,16-,17+,20-/m0/s1. The van der Waals surface area contributed by atoms with Crippen LogP contribution in [-0.4, -0.2) is 48.7 Å². The summed E-state index contributed by atoms with van der Waals surface area (Å²) in [6.45, 7) is 2.20. The van der Waals surface area contributed by atoms with Crippen molar-refractivity contribution in [3.05, 3.63) is 29.8 Å². The van der Waals surface area contributed by atoms with Gasteiger partial charge < -0.3 is 19.7 Å². The van der Waals surface area contributed by atoms with Crippen LogP contribution in [0.25, 0.3) is 0 Å². The molecule has 0 aromatic heterocycles. The molecule has 6 heteroatoms. The second-order valence-electron chi connectivity index (χ2n) is 7.81. The summed E-state index contributed by atoms with van der Waals surface area (Å²) in [5.74, 6) is -0.0567. The summed E-state index contributed by atoms with van der Waals surface area (Å²) >= 11 is 0. The first-order chi connectivity index (χ1) is 12.7. The molecule has 2 amide bonds. The molecule has 3 heterocycles. The number of amides is 2. The van der Waals surface area contributed by atoms with Gasteiger partial charge in [0, 0.05) is 31.3 Å². The Bertz CT molecular complexity index is 745. The lowest BCUT2D eigenvalue weighted by Crippen LogP contribution is -2.70. The van der Waals surface area contributed by atoms with Gasteiger partial charge in [0.25, 0.3) is 0 Å². The Morgan fingerprint density at radius 3 is 2.85 bits per heavy atom. The van der Waals surface area contributed by atoms with Gasteiger partial charge in [-0.05, 0) is 24.5 Å². The van der Waals surface area contributed by atoms with Crippen LogP contribution in [0.15, 0.2) is 24.3 Å². The minimum absolute atomic E-state index is 0.0633. The van der Waals surface area contributed by atoms with Gasteiger partial charge in [0.2, 0.25) is 11.8 Å². The Labute approximate surface area is 152 Å². The summed E-state index contributed by atoms with van der Waals surface area (Å²) in [6.07, 6.45) is 3.94. The highest BCUT2D eigenvalue weighted by molar-refractivity contribution is 6.02. The van der Waals surface area contributed by atoms with Crippen LogP contribution in [0.2, 0.25) is 0 Å². The third-order valence-electron chi connectivity index (χ3n) is 6.48. The number of para-hydroxylation sites is 1. The number of fused-ring (bicyclic) bond motifs is 2. The second-order valence-corrected chi connectivity index (χ2v) is 7.81. The highest BCUT2D eigenvalue weighted by atomic mass is 16.5. The third-order valence-corrected chi connectivity index (χ3v) is 6.48. The predicted octanol–water partition coefficient (Wildman–Crippen LogP) is 1.65. The van der Waals surface area contributed by atoms with Gasteiger partial charge >= 0.3 is 0 Å². The lowest BCUT2D eigenvalue weighted by Gasteiger charge is -2.56. The average molecular weight is 356 g/mol. The van der Waals surface area contributed by atoms with Crippen molar-refractivity contribution in [2.45, 2.75) is 37.3 Å². The van der Waals surface area contributed by atoms with Gasteiger partial charge in [0.05, 0.1) is 13.2 Å². The zero-order chi connectivity index (χ0) is 17.7. The Morgan fingerprint density at radius 1 is 1.19 bits per heavy atom. The molecule has 3 fully saturated rings. The van der Waals surface area contributed by atoms with E-state index in [4.69, 9.17) is 9.47 Å². The first-order valence-corrected chi connectivity index (χ1v) is 9.66. The first-order valence-electron chi connectivity index (χ1n) is 9.66. The molecule has 1 aromatic rings. The maximum Gasteiger partial charge on any atom is 0.236 e. The number of hydrogen-bond donors (Lipinski definition) is 1. The van der Waals surface area contributed by atoms with Crippen LogP contribution in [0.3, 0.4) is 0 Å². The van der Waals surface area contributed by atoms with E-state index < -0.39 is 11.6 Å². The van der Waals surface area contributed by atoms with Crippen molar-refractivity contribution in [2.75, 3.05) is 26.3 Å². The van der Waals surface area contributed by atoms with Crippen LogP contribution >= 0.6 is 0 Å². The van der Waals surface area contributed by atoms with Gasteiger partial charge in [0.1, 0.15) is 11.7 Å². The normalized spacial score (nSPS) is 35.6. The molecule has 0 spiro atoms. The van der Waals surface area contributed by atoms with E-state index in [-0.39, 0.29) is 23.7 Å². The molecular weight excluding hydrogens is 332 g/mol. The molecule has 0 radical (unpaired) electrons. The molecule has 1 aromatic carbocycles. The van der Waals surface area contributed by atoms with Crippen molar-refractivity contribution in [3.8, 4) is 5.75 Å². The van der Waals surface area contributed by atoms with E-state index in [1.165, 1.54) is 0 Å². The van der Waals surface area contributed by atoms with E-state index in [1.54, 1.807) is 4.90 Å². The highest BCUT2D eigenvalue weighted by Gasteiger charge is 2.61. The van der Waals surface area contributed by atoms with Crippen LogP contribution in [0.1, 0.15) is 37.2 Å². The van der Waals surface area contributed by atoms with Gasteiger partial charge in [0.15, 0.2) is 5.72 Å². The fraction of sp³-hybridized carbons (Fsp3) is 0.600. The van der Waals surface area contributed by atoms with Gasteiger partial charge in [-0.15, -0.1) is 0 Å². The molecule has 3 aliphatic heterocycles. The van der Waals surface area contributed by atoms with Crippen LogP contribution < -0.4 is 10.1 Å². The van der Waals surface area contributed by atoms with Crippen molar-refractivity contribution in [2.24, 2.45) is 11.8 Å². The van der Waals surface area contributed by atoms with Gasteiger partial charge in [-0.25, -0.2) is 0 Å². The van der Waals surface area contributed by atoms with Crippen LogP contribution in [0, 0.1) is 11.8 Å². The zero-order valence-electron chi connectivity index (χ0n) is 14.8. The van der Waals surface area contributed by atoms with E-state index in [2.05, 4.69) is 5.32 Å². The van der Waals surface area contributed by atoms with Crippen molar-refractivity contribution in [1.82, 2.24) is 10.2 Å². The highest BCUT2D eigenvalue weighted by Crippen LogP contribution is 2.55. The number of hydrogen-bond acceptors (Lipinski definition) is 4. The molecule has 0 unspecified atom stereocenters. The summed E-state index contributed by atoms with van der Waals surface area (Å²) in [5.41, 5.74) is 0.368. The Kier molecular flexibility index (Phi) is 3.71. The number of ether oxygens (including phenoxy) is 2. The van der Waals surface area contributed by atoms with E-state index >= 15 is 0 Å². The monoisotopic (exact) mass is 356 g/mol. The smallest absolute Gasteiger partial charge is 0.236 e.